The first-order valence-electron chi connectivity index (χ1n) is 8.56. The number of nitriles is 1. The molecule has 4 rings (SSSR count). The number of halogens is 2. The van der Waals surface area contributed by atoms with Crippen LogP contribution in [0.5, 0.6) is 0 Å². The lowest BCUT2D eigenvalue weighted by molar-refractivity contribution is 0.112. The lowest BCUT2D eigenvalue weighted by Crippen LogP contribution is -1.99. The Morgan fingerprint density at radius 1 is 1.03 bits per heavy atom. The molecule has 1 aromatic heterocycles. The van der Waals surface area contributed by atoms with Crippen LogP contribution in [0.25, 0.3) is 22.0 Å². The summed E-state index contributed by atoms with van der Waals surface area (Å²) in [7, 11) is 0. The topological polar surface area (TPSA) is 78.7 Å². The van der Waals surface area contributed by atoms with Gasteiger partial charge in [0, 0.05) is 28.4 Å². The maximum Gasteiger partial charge on any atom is 0.227 e. The SMILES string of the molecule is N#Cc1ccc(Nc2ncc3cccc(-c4c(F)cc(C=O)cc4F)c3n2)cc1. The van der Waals surface area contributed by atoms with Crippen LogP contribution in [0.15, 0.2) is 60.8 Å². The molecule has 0 unspecified atom stereocenters. The minimum absolute atomic E-state index is 0.0817. The molecule has 3 aromatic carbocycles. The molecule has 0 saturated heterocycles. The highest BCUT2D eigenvalue weighted by molar-refractivity contribution is 5.94. The number of aromatic nitrogens is 2. The molecule has 0 aliphatic rings. The fraction of sp³-hybridized carbons (Fsp3) is 0. The zero-order valence-electron chi connectivity index (χ0n) is 14.9. The fourth-order valence-corrected chi connectivity index (χ4v) is 2.99. The van der Waals surface area contributed by atoms with Gasteiger partial charge in [0.1, 0.15) is 17.9 Å². The number of aldehydes is 1. The summed E-state index contributed by atoms with van der Waals surface area (Å²) in [6.07, 6.45) is 1.94. The van der Waals surface area contributed by atoms with Crippen molar-refractivity contribution in [3.63, 3.8) is 0 Å². The van der Waals surface area contributed by atoms with Crippen LogP contribution in [0.4, 0.5) is 20.4 Å². The Bertz CT molecular complexity index is 1260. The van der Waals surface area contributed by atoms with E-state index in [1.165, 1.54) is 0 Å². The van der Waals surface area contributed by atoms with Crippen LogP contribution in [-0.2, 0) is 0 Å². The van der Waals surface area contributed by atoms with Gasteiger partial charge in [0.2, 0.25) is 5.95 Å². The Morgan fingerprint density at radius 3 is 2.41 bits per heavy atom. The number of para-hydroxylation sites is 1. The van der Waals surface area contributed by atoms with Crippen molar-refractivity contribution < 1.29 is 13.6 Å². The van der Waals surface area contributed by atoms with Gasteiger partial charge in [0.15, 0.2) is 0 Å². The van der Waals surface area contributed by atoms with Crippen molar-refractivity contribution >= 4 is 28.8 Å². The molecule has 1 N–H and O–H groups in total. The van der Waals surface area contributed by atoms with Gasteiger partial charge in [-0.2, -0.15) is 5.26 Å². The molecular formula is C22H12F2N4O. The molecule has 0 aliphatic carbocycles. The van der Waals surface area contributed by atoms with Gasteiger partial charge in [0.25, 0.3) is 0 Å². The van der Waals surface area contributed by atoms with E-state index in [1.807, 2.05) is 6.07 Å². The van der Waals surface area contributed by atoms with Crippen molar-refractivity contribution in [1.29, 1.82) is 5.26 Å². The van der Waals surface area contributed by atoms with E-state index in [-0.39, 0.29) is 22.6 Å². The second-order valence-electron chi connectivity index (χ2n) is 6.23. The number of rotatable bonds is 4. The molecule has 29 heavy (non-hydrogen) atoms. The summed E-state index contributed by atoms with van der Waals surface area (Å²) in [6.45, 7) is 0. The highest BCUT2D eigenvalue weighted by Crippen LogP contribution is 2.32. The molecule has 0 radical (unpaired) electrons. The Hall–Kier alpha value is -4.18. The van der Waals surface area contributed by atoms with E-state index < -0.39 is 11.6 Å². The molecule has 0 spiro atoms. The highest BCUT2D eigenvalue weighted by atomic mass is 19.1. The summed E-state index contributed by atoms with van der Waals surface area (Å²) in [5.41, 5.74) is 1.44. The first kappa shape index (κ1) is 18.2. The zero-order chi connectivity index (χ0) is 20.4. The van der Waals surface area contributed by atoms with E-state index in [0.717, 1.165) is 12.1 Å². The van der Waals surface area contributed by atoms with Gasteiger partial charge >= 0.3 is 0 Å². The Balaban J connectivity index is 1.81. The van der Waals surface area contributed by atoms with Gasteiger partial charge in [-0.3, -0.25) is 4.79 Å². The van der Waals surface area contributed by atoms with Crippen LogP contribution in [-0.4, -0.2) is 16.3 Å². The number of hydrogen-bond donors (Lipinski definition) is 1. The van der Waals surface area contributed by atoms with Gasteiger partial charge in [-0.1, -0.05) is 18.2 Å². The smallest absolute Gasteiger partial charge is 0.227 e. The number of fused-ring (bicyclic) bond motifs is 1. The third kappa shape index (κ3) is 3.51. The largest absolute Gasteiger partial charge is 0.324 e. The van der Waals surface area contributed by atoms with Crippen molar-refractivity contribution in [3.05, 3.63) is 83.6 Å². The van der Waals surface area contributed by atoms with E-state index in [4.69, 9.17) is 5.26 Å². The second-order valence-corrected chi connectivity index (χ2v) is 6.23. The predicted molar refractivity (Wildman–Crippen MR) is 105 cm³/mol. The third-order valence-corrected chi connectivity index (χ3v) is 4.35. The zero-order valence-corrected chi connectivity index (χ0v) is 14.9. The fourth-order valence-electron chi connectivity index (χ4n) is 2.99. The summed E-state index contributed by atoms with van der Waals surface area (Å²) in [5.74, 6) is -1.46. The van der Waals surface area contributed by atoms with Crippen LogP contribution in [0.1, 0.15) is 15.9 Å². The van der Waals surface area contributed by atoms with Crippen LogP contribution < -0.4 is 5.32 Å². The maximum absolute atomic E-state index is 14.5. The quantitative estimate of drug-likeness (QED) is 0.499. The van der Waals surface area contributed by atoms with Crippen LogP contribution in [0.2, 0.25) is 0 Å². The average molecular weight is 386 g/mol. The van der Waals surface area contributed by atoms with E-state index >= 15 is 0 Å². The predicted octanol–water partition coefficient (Wildman–Crippen LogP) is 5.00. The molecule has 0 atom stereocenters. The number of hydrogen-bond acceptors (Lipinski definition) is 5. The molecule has 140 valence electrons. The van der Waals surface area contributed by atoms with E-state index in [1.54, 1.807) is 48.7 Å². The molecule has 0 saturated carbocycles. The average Bonchev–Trinajstić information content (AvgIpc) is 2.74. The summed E-state index contributed by atoms with van der Waals surface area (Å²) in [4.78, 5) is 19.5. The van der Waals surface area contributed by atoms with Crippen molar-refractivity contribution in [3.8, 4) is 17.2 Å². The summed E-state index contributed by atoms with van der Waals surface area (Å²) < 4.78 is 29.1. The number of carbonyl (C=O) groups is 1. The van der Waals surface area contributed by atoms with Gasteiger partial charge in [0.05, 0.1) is 22.7 Å². The van der Waals surface area contributed by atoms with Crippen LogP contribution in [0.3, 0.4) is 0 Å². The summed E-state index contributed by atoms with van der Waals surface area (Å²) in [5, 5.41) is 12.5. The van der Waals surface area contributed by atoms with E-state index in [0.29, 0.717) is 28.4 Å². The molecule has 0 amide bonds. The molecular weight excluding hydrogens is 374 g/mol. The summed E-state index contributed by atoms with van der Waals surface area (Å²) >= 11 is 0. The molecule has 4 aromatic rings. The van der Waals surface area contributed by atoms with Gasteiger partial charge in [-0.05, 0) is 36.4 Å². The number of nitrogens with one attached hydrogen (secondary N) is 1. The Morgan fingerprint density at radius 2 is 1.76 bits per heavy atom. The lowest BCUT2D eigenvalue weighted by Gasteiger charge is -2.11. The van der Waals surface area contributed by atoms with E-state index in [2.05, 4.69) is 15.3 Å². The van der Waals surface area contributed by atoms with Gasteiger partial charge in [-0.25, -0.2) is 18.7 Å². The maximum atomic E-state index is 14.5. The number of nitrogens with zero attached hydrogens (tertiary/aromatic N) is 3. The first-order valence-corrected chi connectivity index (χ1v) is 8.56. The number of carbonyl (C=O) groups excluding carboxylic acids is 1. The first-order chi connectivity index (χ1) is 14.1. The van der Waals surface area contributed by atoms with Gasteiger partial charge in [-0.15, -0.1) is 0 Å². The molecule has 0 bridgehead atoms. The van der Waals surface area contributed by atoms with E-state index in [9.17, 15) is 13.6 Å². The molecule has 0 aliphatic heterocycles. The molecule has 1 heterocycles. The van der Waals surface area contributed by atoms with Crippen molar-refractivity contribution in [2.75, 3.05) is 5.32 Å². The highest BCUT2D eigenvalue weighted by Gasteiger charge is 2.17. The number of anilines is 2. The van der Waals surface area contributed by atoms with Crippen molar-refractivity contribution in [1.82, 2.24) is 9.97 Å². The molecule has 5 nitrogen and oxygen atoms in total. The van der Waals surface area contributed by atoms with Crippen LogP contribution >= 0.6 is 0 Å². The normalized spacial score (nSPS) is 10.5. The molecule has 0 fully saturated rings. The Labute approximate surface area is 164 Å². The third-order valence-electron chi connectivity index (χ3n) is 4.35. The lowest BCUT2D eigenvalue weighted by atomic mass is 10.00. The minimum Gasteiger partial charge on any atom is -0.324 e. The monoisotopic (exact) mass is 386 g/mol. The van der Waals surface area contributed by atoms with Gasteiger partial charge < -0.3 is 5.32 Å². The number of benzene rings is 3. The summed E-state index contributed by atoms with van der Waals surface area (Å²) in [6, 6.07) is 15.7. The Kier molecular flexibility index (Phi) is 4.67. The minimum atomic E-state index is -0.847. The standard InChI is InChI=1S/C22H12F2N4O/c23-18-8-14(12-29)9-19(24)20(18)17-3-1-2-15-11-26-22(28-21(15)17)27-16-6-4-13(10-25)5-7-16/h1-9,11-12H,(H,26,27,28). The van der Waals surface area contributed by atoms with Crippen LogP contribution in [0, 0.1) is 23.0 Å². The van der Waals surface area contributed by atoms with Crippen molar-refractivity contribution in [2.24, 2.45) is 0 Å². The van der Waals surface area contributed by atoms with Crippen molar-refractivity contribution in [2.45, 2.75) is 0 Å². The molecule has 7 heteroatoms. The second kappa shape index (κ2) is 7.44.